The summed E-state index contributed by atoms with van der Waals surface area (Å²) >= 11 is 4.49. The summed E-state index contributed by atoms with van der Waals surface area (Å²) in [4.78, 5) is 11.0. The molecule has 4 nitrogen and oxygen atoms in total. The molecule has 0 aliphatic rings. The molecule has 0 fully saturated rings. The Morgan fingerprint density at radius 2 is 2.07 bits per heavy atom. The van der Waals surface area contributed by atoms with Gasteiger partial charge in [-0.1, -0.05) is 18.2 Å². The lowest BCUT2D eigenvalue weighted by Crippen LogP contribution is -2.37. The summed E-state index contributed by atoms with van der Waals surface area (Å²) in [6.07, 6.45) is 0. The Balaban J connectivity index is 2.34. The number of carbonyl (C=O) groups is 1. The average molecular weight is 210 g/mol. The van der Waals surface area contributed by atoms with E-state index in [-0.39, 0.29) is 17.6 Å². The maximum Gasteiger partial charge on any atom is 0.264 e. The summed E-state index contributed by atoms with van der Waals surface area (Å²) in [7, 11) is 0. The fourth-order valence-electron chi connectivity index (χ4n) is 0.839. The molecule has 0 spiro atoms. The van der Waals surface area contributed by atoms with Gasteiger partial charge in [-0.25, -0.2) is 0 Å². The van der Waals surface area contributed by atoms with Crippen molar-refractivity contribution in [3.05, 3.63) is 30.3 Å². The van der Waals surface area contributed by atoms with Crippen molar-refractivity contribution in [1.82, 2.24) is 5.32 Å². The largest absolute Gasteiger partial charge is 0.484 e. The second-order valence-electron chi connectivity index (χ2n) is 2.51. The van der Waals surface area contributed by atoms with Gasteiger partial charge in [0.05, 0.1) is 0 Å². The van der Waals surface area contributed by atoms with Gasteiger partial charge in [0.1, 0.15) is 5.75 Å². The second-order valence-corrected chi connectivity index (χ2v) is 2.95. The SMILES string of the molecule is NC(=S)NC(=O)COc1ccccc1. The number of carbonyl (C=O) groups excluding carboxylic acids is 1. The number of ether oxygens (including phenoxy) is 1. The Kier molecular flexibility index (Phi) is 3.87. The van der Waals surface area contributed by atoms with E-state index in [9.17, 15) is 4.79 Å². The zero-order valence-corrected chi connectivity index (χ0v) is 8.21. The topological polar surface area (TPSA) is 64.3 Å². The van der Waals surface area contributed by atoms with E-state index in [1.54, 1.807) is 12.1 Å². The van der Waals surface area contributed by atoms with Gasteiger partial charge in [0.25, 0.3) is 5.91 Å². The van der Waals surface area contributed by atoms with Gasteiger partial charge >= 0.3 is 0 Å². The van der Waals surface area contributed by atoms with E-state index in [0.717, 1.165) is 0 Å². The third-order valence-electron chi connectivity index (χ3n) is 1.38. The number of nitrogens with two attached hydrogens (primary N) is 1. The standard InChI is InChI=1S/C9H10N2O2S/c10-9(14)11-8(12)6-13-7-4-2-1-3-5-7/h1-5H,6H2,(H3,10,11,12,14). The fourth-order valence-corrected chi connectivity index (χ4v) is 0.953. The molecule has 1 aromatic carbocycles. The Morgan fingerprint density at radius 1 is 1.43 bits per heavy atom. The number of hydrogen-bond acceptors (Lipinski definition) is 3. The van der Waals surface area contributed by atoms with Crippen molar-refractivity contribution in [1.29, 1.82) is 0 Å². The van der Waals surface area contributed by atoms with Crippen molar-refractivity contribution in [2.24, 2.45) is 5.73 Å². The average Bonchev–Trinajstić information content (AvgIpc) is 2.15. The highest BCUT2D eigenvalue weighted by molar-refractivity contribution is 7.80. The van der Waals surface area contributed by atoms with E-state index < -0.39 is 0 Å². The van der Waals surface area contributed by atoms with Gasteiger partial charge in [-0.05, 0) is 24.4 Å². The molecule has 74 valence electrons. The van der Waals surface area contributed by atoms with Crippen LogP contribution in [-0.2, 0) is 4.79 Å². The van der Waals surface area contributed by atoms with Crippen LogP contribution in [-0.4, -0.2) is 17.6 Å². The molecule has 0 bridgehead atoms. The number of benzene rings is 1. The maximum absolute atomic E-state index is 11.0. The minimum absolute atomic E-state index is 0.0494. The molecule has 0 unspecified atom stereocenters. The molecule has 0 aliphatic carbocycles. The Hall–Kier alpha value is -1.62. The molecule has 0 radical (unpaired) electrons. The van der Waals surface area contributed by atoms with E-state index in [4.69, 9.17) is 10.5 Å². The number of nitrogens with one attached hydrogen (secondary N) is 1. The van der Waals surface area contributed by atoms with Crippen LogP contribution in [0.3, 0.4) is 0 Å². The molecule has 0 aliphatic heterocycles. The van der Waals surface area contributed by atoms with E-state index >= 15 is 0 Å². The van der Waals surface area contributed by atoms with Crippen molar-refractivity contribution in [2.45, 2.75) is 0 Å². The molecule has 1 amide bonds. The lowest BCUT2D eigenvalue weighted by atomic mass is 10.3. The lowest BCUT2D eigenvalue weighted by molar-refractivity contribution is -0.121. The van der Waals surface area contributed by atoms with Gasteiger partial charge in [0.15, 0.2) is 11.7 Å². The molecule has 0 saturated heterocycles. The quantitative estimate of drug-likeness (QED) is 0.710. The third kappa shape index (κ3) is 3.86. The van der Waals surface area contributed by atoms with Gasteiger partial charge in [-0.15, -0.1) is 0 Å². The molecule has 1 aromatic rings. The van der Waals surface area contributed by atoms with E-state index in [2.05, 4.69) is 17.5 Å². The first-order valence-electron chi connectivity index (χ1n) is 3.95. The number of amides is 1. The number of thiocarbonyl (C=S) groups is 1. The highest BCUT2D eigenvalue weighted by atomic mass is 32.1. The van der Waals surface area contributed by atoms with Gasteiger partial charge in [0, 0.05) is 0 Å². The minimum Gasteiger partial charge on any atom is -0.484 e. The van der Waals surface area contributed by atoms with E-state index in [0.29, 0.717) is 5.75 Å². The molecule has 5 heteroatoms. The molecule has 0 saturated carbocycles. The summed E-state index contributed by atoms with van der Waals surface area (Å²) in [5, 5.41) is 2.21. The van der Waals surface area contributed by atoms with Crippen molar-refractivity contribution in [3.63, 3.8) is 0 Å². The summed E-state index contributed by atoms with van der Waals surface area (Å²) in [5.41, 5.74) is 5.11. The van der Waals surface area contributed by atoms with Gasteiger partial charge in [-0.3, -0.25) is 4.79 Å². The van der Waals surface area contributed by atoms with Crippen molar-refractivity contribution >= 4 is 23.2 Å². The van der Waals surface area contributed by atoms with Crippen LogP contribution in [0.15, 0.2) is 30.3 Å². The summed E-state index contributed by atoms with van der Waals surface area (Å²) in [5.74, 6) is 0.270. The first-order chi connectivity index (χ1) is 6.68. The molecule has 0 heterocycles. The van der Waals surface area contributed by atoms with Crippen molar-refractivity contribution in [3.8, 4) is 5.75 Å². The normalized spacial score (nSPS) is 9.14. The first-order valence-corrected chi connectivity index (χ1v) is 4.36. The van der Waals surface area contributed by atoms with Crippen LogP contribution in [0, 0.1) is 0 Å². The number of para-hydroxylation sites is 1. The predicted octanol–water partition coefficient (Wildman–Crippen LogP) is 0.425. The van der Waals surface area contributed by atoms with Crippen LogP contribution in [0.1, 0.15) is 0 Å². The molecule has 1 rings (SSSR count). The Labute approximate surface area is 87.0 Å². The summed E-state index contributed by atoms with van der Waals surface area (Å²) < 4.78 is 5.14. The molecular weight excluding hydrogens is 200 g/mol. The lowest BCUT2D eigenvalue weighted by Gasteiger charge is -2.05. The molecular formula is C9H10N2O2S. The predicted molar refractivity (Wildman–Crippen MR) is 56.9 cm³/mol. The van der Waals surface area contributed by atoms with Gasteiger partial charge in [0.2, 0.25) is 0 Å². The molecule has 0 atom stereocenters. The van der Waals surface area contributed by atoms with Crippen LogP contribution in [0.2, 0.25) is 0 Å². The number of rotatable bonds is 3. The van der Waals surface area contributed by atoms with E-state index in [1.807, 2.05) is 18.2 Å². The van der Waals surface area contributed by atoms with Crippen LogP contribution in [0.5, 0.6) is 5.75 Å². The Morgan fingerprint density at radius 3 is 2.64 bits per heavy atom. The highest BCUT2D eigenvalue weighted by Gasteiger charge is 2.02. The minimum atomic E-state index is -0.360. The molecule has 3 N–H and O–H groups in total. The van der Waals surface area contributed by atoms with Crippen molar-refractivity contribution in [2.75, 3.05) is 6.61 Å². The molecule has 0 aromatic heterocycles. The third-order valence-corrected chi connectivity index (χ3v) is 1.48. The smallest absolute Gasteiger partial charge is 0.264 e. The zero-order valence-electron chi connectivity index (χ0n) is 7.40. The maximum atomic E-state index is 11.0. The summed E-state index contributed by atoms with van der Waals surface area (Å²) in [6.45, 7) is -0.0959. The van der Waals surface area contributed by atoms with Gasteiger partial charge < -0.3 is 15.8 Å². The molecule has 14 heavy (non-hydrogen) atoms. The van der Waals surface area contributed by atoms with Crippen molar-refractivity contribution < 1.29 is 9.53 Å². The zero-order chi connectivity index (χ0) is 10.4. The van der Waals surface area contributed by atoms with Crippen LogP contribution in [0.4, 0.5) is 0 Å². The monoisotopic (exact) mass is 210 g/mol. The highest BCUT2D eigenvalue weighted by Crippen LogP contribution is 2.07. The van der Waals surface area contributed by atoms with Crippen LogP contribution >= 0.6 is 12.2 Å². The van der Waals surface area contributed by atoms with Gasteiger partial charge in [-0.2, -0.15) is 0 Å². The fraction of sp³-hybridized carbons (Fsp3) is 0.111. The second kappa shape index (κ2) is 5.18. The first kappa shape index (κ1) is 10.5. The van der Waals surface area contributed by atoms with E-state index in [1.165, 1.54) is 0 Å². The van der Waals surface area contributed by atoms with Crippen LogP contribution < -0.4 is 15.8 Å². The number of hydrogen-bond donors (Lipinski definition) is 2. The van der Waals surface area contributed by atoms with Crippen LogP contribution in [0.25, 0.3) is 0 Å². The Bertz CT molecular complexity index is 327. The summed E-state index contributed by atoms with van der Waals surface area (Å²) in [6, 6.07) is 9.02.